The van der Waals surface area contributed by atoms with Crippen LogP contribution in [-0.4, -0.2) is 62.2 Å². The molecule has 33 heavy (non-hydrogen) atoms. The van der Waals surface area contributed by atoms with Gasteiger partial charge in [0.05, 0.1) is 11.1 Å². The van der Waals surface area contributed by atoms with E-state index in [2.05, 4.69) is 40.4 Å². The predicted octanol–water partition coefficient (Wildman–Crippen LogP) is 4.23. The zero-order valence-electron chi connectivity index (χ0n) is 20.2. The van der Waals surface area contributed by atoms with E-state index in [9.17, 15) is 14.4 Å². The lowest BCUT2D eigenvalue weighted by atomic mass is 9.79. The van der Waals surface area contributed by atoms with Gasteiger partial charge in [-0.1, -0.05) is 51.6 Å². The molecule has 1 aromatic rings. The van der Waals surface area contributed by atoms with Crippen molar-refractivity contribution in [1.29, 1.82) is 0 Å². The summed E-state index contributed by atoms with van der Waals surface area (Å²) in [6, 6.07) is 6.82. The number of carbonyl (C=O) groups excluding carboxylic acids is 3. The maximum atomic E-state index is 13.0. The highest BCUT2D eigenvalue weighted by atomic mass is 28.3. The molecule has 3 rings (SSSR count). The highest BCUT2D eigenvalue weighted by Gasteiger charge is 2.51. The number of likely N-dealkylation sites (tertiary alicyclic amines) is 1. The summed E-state index contributed by atoms with van der Waals surface area (Å²) in [6.45, 7) is 14.9. The van der Waals surface area contributed by atoms with Crippen LogP contribution in [0.3, 0.4) is 0 Å². The fourth-order valence-corrected chi connectivity index (χ4v) is 5.50. The zero-order chi connectivity index (χ0) is 24.4. The Hall–Kier alpha value is -2.71. The van der Waals surface area contributed by atoms with Crippen LogP contribution < -0.4 is 0 Å². The molecule has 1 saturated heterocycles. The van der Waals surface area contributed by atoms with Crippen molar-refractivity contribution in [3.63, 3.8) is 0 Å². The van der Waals surface area contributed by atoms with Crippen LogP contribution in [-0.2, 0) is 9.16 Å². The van der Waals surface area contributed by atoms with E-state index in [1.807, 2.05) is 6.08 Å². The van der Waals surface area contributed by atoms with Crippen molar-refractivity contribution in [3.05, 3.63) is 60.2 Å². The number of hydrogen-bond acceptors (Lipinski definition) is 5. The third-order valence-electron chi connectivity index (χ3n) is 6.15. The molecule has 0 N–H and O–H groups in total. The molecule has 0 radical (unpaired) electrons. The zero-order valence-corrected chi connectivity index (χ0v) is 21.3. The molecule has 0 spiro atoms. The number of carbonyl (C=O) groups is 3. The van der Waals surface area contributed by atoms with Crippen LogP contribution in [0, 0.1) is 11.3 Å². The van der Waals surface area contributed by atoms with Crippen LogP contribution in [0.4, 0.5) is 4.79 Å². The molecule has 178 valence electrons. The molecule has 8 heteroatoms. The quantitative estimate of drug-likeness (QED) is 0.339. The first-order valence-corrected chi connectivity index (χ1v) is 14.1. The minimum Gasteiger partial charge on any atom is -0.445 e. The number of benzene rings is 1. The summed E-state index contributed by atoms with van der Waals surface area (Å²) in [4.78, 5) is 41.3. The smallest absolute Gasteiger partial charge is 0.412 e. The minimum absolute atomic E-state index is 0.0447. The largest absolute Gasteiger partial charge is 0.445 e. The lowest BCUT2D eigenvalue weighted by molar-refractivity contribution is -0.0134. The summed E-state index contributed by atoms with van der Waals surface area (Å²) in [6.07, 6.45) is 5.29. The van der Waals surface area contributed by atoms with Crippen molar-refractivity contribution in [2.24, 2.45) is 11.3 Å². The molecule has 0 aromatic heterocycles. The molecule has 0 unspecified atom stereocenters. The molecule has 0 bridgehead atoms. The van der Waals surface area contributed by atoms with E-state index in [4.69, 9.17) is 9.16 Å². The van der Waals surface area contributed by atoms with E-state index in [1.54, 1.807) is 35.2 Å². The number of nitrogens with zero attached hydrogens (tertiary/aromatic N) is 2. The highest BCUT2D eigenvalue weighted by molar-refractivity contribution is 6.48. The Labute approximate surface area is 197 Å². The first kappa shape index (κ1) is 24.9. The molecule has 2 aliphatic heterocycles. The van der Waals surface area contributed by atoms with Gasteiger partial charge in [-0.15, -0.1) is 0 Å². The molecular formula is C25H34N2O5Si. The Bertz CT molecular complexity index is 933. The third kappa shape index (κ3) is 5.12. The van der Waals surface area contributed by atoms with Gasteiger partial charge >= 0.3 is 6.09 Å². The van der Waals surface area contributed by atoms with Gasteiger partial charge in [-0.05, 0) is 42.6 Å². The van der Waals surface area contributed by atoms with Gasteiger partial charge in [0.25, 0.3) is 11.8 Å². The Morgan fingerprint density at radius 2 is 1.82 bits per heavy atom. The van der Waals surface area contributed by atoms with Crippen molar-refractivity contribution >= 4 is 26.9 Å². The molecular weight excluding hydrogens is 436 g/mol. The lowest BCUT2D eigenvalue weighted by Gasteiger charge is -2.37. The number of fused-ring (bicyclic) bond motifs is 1. The summed E-state index contributed by atoms with van der Waals surface area (Å²) in [5.74, 6) is -0.435. The van der Waals surface area contributed by atoms with E-state index < -0.39 is 20.9 Å². The molecule has 2 aliphatic rings. The second kappa shape index (κ2) is 9.65. The maximum absolute atomic E-state index is 13.0. The standard InChI is InChI=1S/C25H34N2O5Si/c1-7-15-31-23(30)27-17-18(24(2,3)4)16-25(27,32-33(5)6)13-10-14-26-21(28)19-11-8-9-12-20(19)22(26)29/h7-13,18,33H,1,14-17H2,2-6H3/t18-,25+/m0/s1. The molecule has 2 heterocycles. The van der Waals surface area contributed by atoms with Crippen LogP contribution in [0.15, 0.2) is 49.1 Å². The van der Waals surface area contributed by atoms with Gasteiger partial charge in [0.2, 0.25) is 0 Å². The van der Waals surface area contributed by atoms with Gasteiger partial charge in [0.15, 0.2) is 14.8 Å². The summed E-state index contributed by atoms with van der Waals surface area (Å²) in [7, 11) is -1.59. The van der Waals surface area contributed by atoms with Crippen molar-refractivity contribution < 1.29 is 23.5 Å². The Morgan fingerprint density at radius 1 is 1.21 bits per heavy atom. The van der Waals surface area contributed by atoms with Crippen molar-refractivity contribution in [3.8, 4) is 0 Å². The first-order chi connectivity index (χ1) is 15.5. The van der Waals surface area contributed by atoms with Crippen LogP contribution >= 0.6 is 0 Å². The van der Waals surface area contributed by atoms with Crippen LogP contribution in [0.2, 0.25) is 13.1 Å². The minimum atomic E-state index is -1.59. The normalized spacial score (nSPS) is 23.0. The molecule has 3 amide bonds. The Morgan fingerprint density at radius 3 is 2.33 bits per heavy atom. The lowest BCUT2D eigenvalue weighted by Crippen LogP contribution is -2.50. The number of rotatable bonds is 7. The molecule has 7 nitrogen and oxygen atoms in total. The summed E-state index contributed by atoms with van der Waals surface area (Å²) in [5.41, 5.74) is -0.189. The molecule has 2 atom stereocenters. The number of amides is 3. The number of hydrogen-bond donors (Lipinski definition) is 0. The topological polar surface area (TPSA) is 76.2 Å². The average molecular weight is 471 g/mol. The van der Waals surface area contributed by atoms with E-state index in [1.165, 1.54) is 11.0 Å². The SMILES string of the molecule is C=CCOC(=O)N1C[C@@H](C(C)(C)C)C[C@@]1(C=CCN1C(=O)c2ccccc2C1=O)O[SiH](C)C. The summed E-state index contributed by atoms with van der Waals surface area (Å²) >= 11 is 0. The van der Waals surface area contributed by atoms with Crippen molar-refractivity contribution in [1.82, 2.24) is 9.80 Å². The van der Waals surface area contributed by atoms with E-state index in [0.717, 1.165) is 0 Å². The van der Waals surface area contributed by atoms with Crippen LogP contribution in [0.5, 0.6) is 0 Å². The van der Waals surface area contributed by atoms with E-state index in [-0.39, 0.29) is 36.3 Å². The van der Waals surface area contributed by atoms with Crippen LogP contribution in [0.1, 0.15) is 47.9 Å². The van der Waals surface area contributed by atoms with Crippen molar-refractivity contribution in [2.75, 3.05) is 19.7 Å². The maximum Gasteiger partial charge on any atom is 0.412 e. The fraction of sp³-hybridized carbons (Fsp3) is 0.480. The molecule has 0 saturated carbocycles. The second-order valence-corrected chi connectivity index (χ2v) is 12.3. The van der Waals surface area contributed by atoms with Crippen molar-refractivity contribution in [2.45, 2.75) is 46.0 Å². The third-order valence-corrected chi connectivity index (χ3v) is 7.03. The van der Waals surface area contributed by atoms with E-state index in [0.29, 0.717) is 24.1 Å². The van der Waals surface area contributed by atoms with Gasteiger partial charge < -0.3 is 9.16 Å². The summed E-state index contributed by atoms with van der Waals surface area (Å²) in [5, 5.41) is 0. The van der Waals surface area contributed by atoms with Gasteiger partial charge in [0, 0.05) is 19.5 Å². The van der Waals surface area contributed by atoms with Gasteiger partial charge in [-0.25, -0.2) is 4.79 Å². The molecule has 1 fully saturated rings. The fourth-order valence-electron chi connectivity index (χ4n) is 4.38. The average Bonchev–Trinajstić information content (AvgIpc) is 3.23. The van der Waals surface area contributed by atoms with Crippen LogP contribution in [0.25, 0.3) is 0 Å². The van der Waals surface area contributed by atoms with Gasteiger partial charge in [0.1, 0.15) is 6.61 Å². The molecule has 1 aromatic carbocycles. The Kier molecular flexibility index (Phi) is 7.28. The summed E-state index contributed by atoms with van der Waals surface area (Å²) < 4.78 is 11.9. The second-order valence-electron chi connectivity index (χ2n) is 9.92. The van der Waals surface area contributed by atoms with Gasteiger partial charge in [-0.3, -0.25) is 19.4 Å². The number of ether oxygens (including phenoxy) is 1. The van der Waals surface area contributed by atoms with E-state index >= 15 is 0 Å². The highest BCUT2D eigenvalue weighted by Crippen LogP contribution is 2.44. The first-order valence-electron chi connectivity index (χ1n) is 11.4. The monoisotopic (exact) mass is 470 g/mol. The Balaban J connectivity index is 1.89. The predicted molar refractivity (Wildman–Crippen MR) is 129 cm³/mol. The van der Waals surface area contributed by atoms with Gasteiger partial charge in [-0.2, -0.15) is 0 Å². The molecule has 0 aliphatic carbocycles. The number of imide groups is 1.